The second-order valence-corrected chi connectivity index (χ2v) is 7.59. The zero-order chi connectivity index (χ0) is 17.7. The summed E-state index contributed by atoms with van der Waals surface area (Å²) in [5.41, 5.74) is 1.72. The van der Waals surface area contributed by atoms with Gasteiger partial charge in [0.2, 0.25) is 15.9 Å². The van der Waals surface area contributed by atoms with Crippen molar-refractivity contribution >= 4 is 27.5 Å². The number of carbonyl (C=O) groups excluding carboxylic acids is 1. The van der Waals surface area contributed by atoms with Crippen molar-refractivity contribution in [1.29, 1.82) is 0 Å². The van der Waals surface area contributed by atoms with Crippen LogP contribution in [0.25, 0.3) is 0 Å². The average Bonchev–Trinajstić information content (AvgIpc) is 2.53. The van der Waals surface area contributed by atoms with Gasteiger partial charge in [0.1, 0.15) is 0 Å². The first kappa shape index (κ1) is 18.4. The van der Waals surface area contributed by atoms with Crippen LogP contribution in [0.2, 0.25) is 5.02 Å². The normalized spacial score (nSPS) is 12.6. The van der Waals surface area contributed by atoms with Gasteiger partial charge in [0.15, 0.2) is 0 Å². The maximum Gasteiger partial charge on any atom is 0.241 e. The second kappa shape index (κ2) is 7.79. The molecule has 0 aliphatic rings. The third-order valence-electron chi connectivity index (χ3n) is 3.47. The molecular weight excluding hydrogens is 348 g/mol. The van der Waals surface area contributed by atoms with Crippen molar-refractivity contribution < 1.29 is 13.2 Å². The fourth-order valence-corrected chi connectivity index (χ4v) is 3.45. The number of hydrogen-bond acceptors (Lipinski definition) is 3. The summed E-state index contributed by atoms with van der Waals surface area (Å²) in [6.45, 7) is 3.59. The molecule has 0 saturated carbocycles. The average molecular weight is 367 g/mol. The van der Waals surface area contributed by atoms with Gasteiger partial charge in [-0.25, -0.2) is 8.42 Å². The number of carbonyl (C=O) groups is 1. The molecule has 0 radical (unpaired) electrons. The molecule has 0 bridgehead atoms. The molecule has 7 heteroatoms. The van der Waals surface area contributed by atoms with E-state index in [-0.39, 0.29) is 11.4 Å². The minimum atomic E-state index is -3.75. The predicted octanol–water partition coefficient (Wildman–Crippen LogP) is 2.63. The van der Waals surface area contributed by atoms with E-state index >= 15 is 0 Å². The SMILES string of the molecule is Cc1ccc(S(=O)(=O)N[C@@H](C)C(=O)NCc2ccccc2Cl)cc1. The summed E-state index contributed by atoms with van der Waals surface area (Å²) in [6, 6.07) is 12.7. The van der Waals surface area contributed by atoms with E-state index in [1.54, 1.807) is 30.3 Å². The van der Waals surface area contributed by atoms with Crippen LogP contribution < -0.4 is 10.0 Å². The van der Waals surface area contributed by atoms with Crippen molar-refractivity contribution in [1.82, 2.24) is 10.0 Å². The molecule has 2 rings (SSSR count). The van der Waals surface area contributed by atoms with Crippen LogP contribution in [0.4, 0.5) is 0 Å². The molecule has 24 heavy (non-hydrogen) atoms. The monoisotopic (exact) mass is 366 g/mol. The van der Waals surface area contributed by atoms with Crippen LogP contribution in [0.3, 0.4) is 0 Å². The largest absolute Gasteiger partial charge is 0.351 e. The van der Waals surface area contributed by atoms with Crippen molar-refractivity contribution in [3.63, 3.8) is 0 Å². The van der Waals surface area contributed by atoms with Gasteiger partial charge < -0.3 is 5.32 Å². The smallest absolute Gasteiger partial charge is 0.241 e. The van der Waals surface area contributed by atoms with Gasteiger partial charge in [0, 0.05) is 11.6 Å². The summed E-state index contributed by atoms with van der Waals surface area (Å²) >= 11 is 6.02. The number of nitrogens with one attached hydrogen (secondary N) is 2. The fraction of sp³-hybridized carbons (Fsp3) is 0.235. The van der Waals surface area contributed by atoms with Crippen LogP contribution >= 0.6 is 11.6 Å². The molecule has 128 valence electrons. The standard InChI is InChI=1S/C17H19ClN2O3S/c1-12-7-9-15(10-8-12)24(22,23)20-13(2)17(21)19-11-14-5-3-4-6-16(14)18/h3-10,13,20H,11H2,1-2H3,(H,19,21)/t13-/m0/s1. The summed E-state index contributed by atoms with van der Waals surface area (Å²) in [7, 11) is -3.75. The van der Waals surface area contributed by atoms with E-state index < -0.39 is 22.0 Å². The van der Waals surface area contributed by atoms with Gasteiger partial charge in [-0.1, -0.05) is 47.5 Å². The summed E-state index contributed by atoms with van der Waals surface area (Å²) in [5, 5.41) is 3.22. The highest BCUT2D eigenvalue weighted by molar-refractivity contribution is 7.89. The van der Waals surface area contributed by atoms with Crippen LogP contribution in [0.5, 0.6) is 0 Å². The summed E-state index contributed by atoms with van der Waals surface area (Å²) < 4.78 is 26.9. The van der Waals surface area contributed by atoms with Crippen LogP contribution in [-0.2, 0) is 21.4 Å². The van der Waals surface area contributed by atoms with Crippen molar-refractivity contribution in [3.05, 3.63) is 64.7 Å². The van der Waals surface area contributed by atoms with Crippen LogP contribution in [-0.4, -0.2) is 20.4 Å². The Morgan fingerprint density at radius 3 is 2.38 bits per heavy atom. The molecule has 0 fully saturated rings. The topological polar surface area (TPSA) is 75.3 Å². The molecule has 2 aromatic rings. The van der Waals surface area contributed by atoms with Crippen molar-refractivity contribution in [2.45, 2.75) is 31.3 Å². The van der Waals surface area contributed by atoms with Gasteiger partial charge in [-0.05, 0) is 37.6 Å². The number of benzene rings is 2. The van der Waals surface area contributed by atoms with E-state index in [4.69, 9.17) is 11.6 Å². The molecule has 0 spiro atoms. The van der Waals surface area contributed by atoms with E-state index in [9.17, 15) is 13.2 Å². The lowest BCUT2D eigenvalue weighted by molar-refractivity contribution is -0.122. The van der Waals surface area contributed by atoms with Crippen LogP contribution in [0, 0.1) is 6.92 Å². The zero-order valence-corrected chi connectivity index (χ0v) is 15.0. The lowest BCUT2D eigenvalue weighted by Gasteiger charge is -2.15. The number of halogens is 1. The Morgan fingerprint density at radius 1 is 1.12 bits per heavy atom. The summed E-state index contributed by atoms with van der Waals surface area (Å²) in [4.78, 5) is 12.2. The Kier molecular flexibility index (Phi) is 5.99. The third kappa shape index (κ3) is 4.80. The highest BCUT2D eigenvalue weighted by atomic mass is 35.5. The number of rotatable bonds is 6. The first-order valence-corrected chi connectivity index (χ1v) is 9.26. The van der Waals surface area contributed by atoms with Crippen molar-refractivity contribution in [2.24, 2.45) is 0 Å². The maximum atomic E-state index is 12.3. The molecule has 2 N–H and O–H groups in total. The highest BCUT2D eigenvalue weighted by Gasteiger charge is 2.21. The van der Waals surface area contributed by atoms with Gasteiger partial charge in [-0.15, -0.1) is 0 Å². The lowest BCUT2D eigenvalue weighted by atomic mass is 10.2. The van der Waals surface area contributed by atoms with E-state index in [1.165, 1.54) is 19.1 Å². The van der Waals surface area contributed by atoms with Crippen LogP contribution in [0.15, 0.2) is 53.4 Å². The minimum absolute atomic E-state index is 0.124. The van der Waals surface area contributed by atoms with E-state index in [1.807, 2.05) is 13.0 Å². The first-order chi connectivity index (χ1) is 11.3. The molecule has 2 aromatic carbocycles. The van der Waals surface area contributed by atoms with E-state index in [0.29, 0.717) is 5.02 Å². The summed E-state index contributed by atoms with van der Waals surface area (Å²) in [6.07, 6.45) is 0. The number of amides is 1. The maximum absolute atomic E-state index is 12.3. The Labute approximate surface area is 147 Å². The van der Waals surface area contributed by atoms with Gasteiger partial charge in [0.25, 0.3) is 0 Å². The molecule has 0 heterocycles. The molecule has 0 aliphatic carbocycles. The molecule has 1 amide bonds. The van der Waals surface area contributed by atoms with Crippen molar-refractivity contribution in [2.75, 3.05) is 0 Å². The lowest BCUT2D eigenvalue weighted by Crippen LogP contribution is -2.44. The minimum Gasteiger partial charge on any atom is -0.351 e. The second-order valence-electron chi connectivity index (χ2n) is 5.47. The van der Waals surface area contributed by atoms with Gasteiger partial charge in [-0.3, -0.25) is 4.79 Å². The Morgan fingerprint density at radius 2 is 1.75 bits per heavy atom. The Bertz CT molecular complexity index is 820. The molecule has 0 unspecified atom stereocenters. The van der Waals surface area contributed by atoms with E-state index in [0.717, 1.165) is 11.1 Å². The Hall–Kier alpha value is -1.89. The predicted molar refractivity (Wildman–Crippen MR) is 94.3 cm³/mol. The molecule has 0 saturated heterocycles. The number of aryl methyl sites for hydroxylation is 1. The Balaban J connectivity index is 1.98. The highest BCUT2D eigenvalue weighted by Crippen LogP contribution is 2.14. The molecule has 0 aromatic heterocycles. The van der Waals surface area contributed by atoms with Gasteiger partial charge in [-0.2, -0.15) is 4.72 Å². The molecular formula is C17H19ClN2O3S. The van der Waals surface area contributed by atoms with Crippen LogP contribution in [0.1, 0.15) is 18.1 Å². The quantitative estimate of drug-likeness (QED) is 0.825. The zero-order valence-electron chi connectivity index (χ0n) is 13.4. The van der Waals surface area contributed by atoms with Crippen molar-refractivity contribution in [3.8, 4) is 0 Å². The molecule has 1 atom stereocenters. The third-order valence-corrected chi connectivity index (χ3v) is 5.39. The van der Waals surface area contributed by atoms with Gasteiger partial charge in [0.05, 0.1) is 10.9 Å². The van der Waals surface area contributed by atoms with E-state index in [2.05, 4.69) is 10.0 Å². The number of sulfonamides is 1. The first-order valence-electron chi connectivity index (χ1n) is 7.40. The van der Waals surface area contributed by atoms with Gasteiger partial charge >= 0.3 is 0 Å². The molecule has 0 aliphatic heterocycles. The summed E-state index contributed by atoms with van der Waals surface area (Å²) in [5.74, 6) is -0.425. The molecule has 5 nitrogen and oxygen atoms in total. The number of hydrogen-bond donors (Lipinski definition) is 2. The fourth-order valence-electron chi connectivity index (χ4n) is 2.05.